The van der Waals surface area contributed by atoms with Gasteiger partial charge in [0.05, 0.1) is 7.11 Å². The molecule has 0 atom stereocenters. The van der Waals surface area contributed by atoms with E-state index in [1.54, 1.807) is 7.11 Å². The first kappa shape index (κ1) is 11.1. The Morgan fingerprint density at radius 2 is 1.92 bits per heavy atom. The first-order chi connectivity index (χ1) is 6.20. The van der Waals surface area contributed by atoms with Crippen LogP contribution in [-0.4, -0.2) is 18.2 Å². The first-order valence-electron chi connectivity index (χ1n) is 3.49. The summed E-state index contributed by atoms with van der Waals surface area (Å²) in [7, 11) is 1.66. The molecule has 0 heterocycles. The largest absolute Gasteiger partial charge is 0.497 e. The van der Waals surface area contributed by atoms with Crippen molar-refractivity contribution in [2.24, 2.45) is 0 Å². The molecule has 0 bridgehead atoms. The van der Waals surface area contributed by atoms with Crippen LogP contribution < -0.4 is 4.74 Å². The summed E-state index contributed by atoms with van der Waals surface area (Å²) in [6, 6.07) is 9.68. The molecule has 0 unspecified atom stereocenters. The summed E-state index contributed by atoms with van der Waals surface area (Å²) in [5, 5.41) is 7.49. The Kier molecular flexibility index (Phi) is 5.73. The molecule has 0 spiro atoms. The second kappa shape index (κ2) is 6.74. The van der Waals surface area contributed by atoms with Gasteiger partial charge in [-0.25, -0.2) is 4.79 Å². The van der Waals surface area contributed by atoms with Gasteiger partial charge in [-0.3, -0.25) is 0 Å². The van der Waals surface area contributed by atoms with E-state index in [0.29, 0.717) is 0 Å². The van der Waals surface area contributed by atoms with E-state index in [1.165, 1.54) is 5.92 Å². The van der Waals surface area contributed by atoms with E-state index < -0.39 is 5.97 Å². The van der Waals surface area contributed by atoms with E-state index in [2.05, 4.69) is 6.42 Å². The minimum atomic E-state index is -1.22. The van der Waals surface area contributed by atoms with Crippen LogP contribution in [0, 0.1) is 12.3 Å². The van der Waals surface area contributed by atoms with E-state index in [4.69, 9.17) is 14.6 Å². The third kappa shape index (κ3) is 6.45. The summed E-state index contributed by atoms with van der Waals surface area (Å²) < 4.78 is 4.91. The predicted octanol–water partition coefficient (Wildman–Crippen LogP) is 1.40. The van der Waals surface area contributed by atoms with Gasteiger partial charge in [0.15, 0.2) is 0 Å². The SMILES string of the molecule is C#CC(=O)O.COc1ccccc1. The van der Waals surface area contributed by atoms with Crippen molar-refractivity contribution in [3.05, 3.63) is 30.3 Å². The van der Waals surface area contributed by atoms with Crippen molar-refractivity contribution in [3.8, 4) is 18.1 Å². The van der Waals surface area contributed by atoms with Gasteiger partial charge >= 0.3 is 5.97 Å². The van der Waals surface area contributed by atoms with Gasteiger partial charge in [-0.15, -0.1) is 6.42 Å². The molecule has 1 aromatic rings. The van der Waals surface area contributed by atoms with Gasteiger partial charge in [-0.05, 0) is 12.1 Å². The molecule has 0 saturated carbocycles. The zero-order valence-corrected chi connectivity index (χ0v) is 7.23. The summed E-state index contributed by atoms with van der Waals surface area (Å²) >= 11 is 0. The average molecular weight is 178 g/mol. The van der Waals surface area contributed by atoms with Gasteiger partial charge in [0, 0.05) is 5.92 Å². The van der Waals surface area contributed by atoms with E-state index >= 15 is 0 Å². The third-order valence-corrected chi connectivity index (χ3v) is 1.10. The van der Waals surface area contributed by atoms with Crippen molar-refractivity contribution < 1.29 is 14.6 Å². The fraction of sp³-hybridized carbons (Fsp3) is 0.100. The summed E-state index contributed by atoms with van der Waals surface area (Å²) in [5.74, 6) is 1.14. The van der Waals surface area contributed by atoms with Crippen LogP contribution in [0.5, 0.6) is 5.75 Å². The van der Waals surface area contributed by atoms with Crippen LogP contribution in [0.4, 0.5) is 0 Å². The van der Waals surface area contributed by atoms with Gasteiger partial charge in [-0.1, -0.05) is 18.2 Å². The monoisotopic (exact) mass is 178 g/mol. The molecule has 0 aliphatic heterocycles. The minimum Gasteiger partial charge on any atom is -0.497 e. The summed E-state index contributed by atoms with van der Waals surface area (Å²) in [4.78, 5) is 9.13. The van der Waals surface area contributed by atoms with Gasteiger partial charge in [0.1, 0.15) is 5.75 Å². The van der Waals surface area contributed by atoms with E-state index in [0.717, 1.165) is 5.75 Å². The van der Waals surface area contributed by atoms with Crippen molar-refractivity contribution in [3.63, 3.8) is 0 Å². The molecule has 13 heavy (non-hydrogen) atoms. The maximum atomic E-state index is 9.13. The second-order valence-corrected chi connectivity index (χ2v) is 1.97. The van der Waals surface area contributed by atoms with Crippen molar-refractivity contribution in [1.29, 1.82) is 0 Å². The maximum absolute atomic E-state index is 9.13. The van der Waals surface area contributed by atoms with Crippen LogP contribution in [0.3, 0.4) is 0 Å². The Hall–Kier alpha value is -1.95. The lowest BCUT2D eigenvalue weighted by molar-refractivity contribution is -0.130. The number of hydrogen-bond acceptors (Lipinski definition) is 2. The molecule has 1 N–H and O–H groups in total. The molecule has 0 aromatic heterocycles. The number of carboxylic acids is 1. The highest BCUT2D eigenvalue weighted by molar-refractivity contribution is 5.85. The molecule has 0 aliphatic carbocycles. The van der Waals surface area contributed by atoms with E-state index in [1.807, 2.05) is 30.3 Å². The highest BCUT2D eigenvalue weighted by Gasteiger charge is 1.80. The van der Waals surface area contributed by atoms with Crippen molar-refractivity contribution >= 4 is 5.97 Å². The number of aliphatic carboxylic acids is 1. The number of terminal acetylenes is 1. The van der Waals surface area contributed by atoms with Crippen molar-refractivity contribution in [2.75, 3.05) is 7.11 Å². The molecule has 3 nitrogen and oxygen atoms in total. The summed E-state index contributed by atoms with van der Waals surface area (Å²) in [5.41, 5.74) is 0. The normalized spacial score (nSPS) is 7.38. The number of methoxy groups -OCH3 is 1. The number of para-hydroxylation sites is 1. The molecule has 0 saturated heterocycles. The standard InChI is InChI=1S/C7H8O.C3H2O2/c1-8-7-5-3-2-4-6-7;1-2-3(4)5/h2-6H,1H3;1H,(H,4,5). The van der Waals surface area contributed by atoms with Crippen molar-refractivity contribution in [1.82, 2.24) is 0 Å². The lowest BCUT2D eigenvalue weighted by Crippen LogP contribution is -1.83. The lowest BCUT2D eigenvalue weighted by Gasteiger charge is -1.93. The predicted molar refractivity (Wildman–Crippen MR) is 49.5 cm³/mol. The first-order valence-corrected chi connectivity index (χ1v) is 3.49. The Morgan fingerprint density at radius 1 is 1.46 bits per heavy atom. The third-order valence-electron chi connectivity index (χ3n) is 1.10. The molecule has 0 fully saturated rings. The van der Waals surface area contributed by atoms with E-state index in [-0.39, 0.29) is 0 Å². The van der Waals surface area contributed by atoms with Gasteiger partial charge in [0.2, 0.25) is 0 Å². The van der Waals surface area contributed by atoms with Crippen LogP contribution in [-0.2, 0) is 4.79 Å². The van der Waals surface area contributed by atoms with Gasteiger partial charge in [0.25, 0.3) is 0 Å². The average Bonchev–Trinajstić information content (AvgIpc) is 2.20. The smallest absolute Gasteiger partial charge is 0.381 e. The molecule has 68 valence electrons. The molecule has 3 heteroatoms. The number of ether oxygens (including phenoxy) is 1. The zero-order chi connectivity index (χ0) is 10.1. The minimum absolute atomic E-state index is 0.910. The lowest BCUT2D eigenvalue weighted by atomic mass is 10.3. The number of benzene rings is 1. The van der Waals surface area contributed by atoms with Crippen LogP contribution in [0.1, 0.15) is 0 Å². The molecular formula is C10H10O3. The summed E-state index contributed by atoms with van der Waals surface area (Å²) in [6.45, 7) is 0. The fourth-order valence-corrected chi connectivity index (χ4v) is 0.557. The zero-order valence-electron chi connectivity index (χ0n) is 7.23. The molecule has 0 radical (unpaired) electrons. The number of carbonyl (C=O) groups is 1. The van der Waals surface area contributed by atoms with Gasteiger partial charge in [-0.2, -0.15) is 0 Å². The molecule has 1 aromatic carbocycles. The Bertz CT molecular complexity index is 285. The highest BCUT2D eigenvalue weighted by Crippen LogP contribution is 2.05. The summed E-state index contributed by atoms with van der Waals surface area (Å²) in [6.07, 6.45) is 4.32. The highest BCUT2D eigenvalue weighted by atomic mass is 16.5. The Labute approximate surface area is 77.0 Å². The number of rotatable bonds is 1. The van der Waals surface area contributed by atoms with Crippen molar-refractivity contribution in [2.45, 2.75) is 0 Å². The molecule has 1 rings (SSSR count). The van der Waals surface area contributed by atoms with Crippen LogP contribution in [0.2, 0.25) is 0 Å². The molecule has 0 aliphatic rings. The maximum Gasteiger partial charge on any atom is 0.381 e. The topological polar surface area (TPSA) is 46.5 Å². The number of carboxylic acid groups (broad SMARTS) is 1. The molecule has 0 amide bonds. The van der Waals surface area contributed by atoms with E-state index in [9.17, 15) is 0 Å². The number of hydrogen-bond donors (Lipinski definition) is 1. The quantitative estimate of drug-likeness (QED) is 0.661. The van der Waals surface area contributed by atoms with Crippen LogP contribution in [0.15, 0.2) is 30.3 Å². The Morgan fingerprint density at radius 3 is 2.15 bits per heavy atom. The van der Waals surface area contributed by atoms with Crippen LogP contribution >= 0.6 is 0 Å². The Balaban J connectivity index is 0.000000252. The second-order valence-electron chi connectivity index (χ2n) is 1.97. The molecular weight excluding hydrogens is 168 g/mol. The van der Waals surface area contributed by atoms with Gasteiger partial charge < -0.3 is 9.84 Å². The van der Waals surface area contributed by atoms with Crippen LogP contribution in [0.25, 0.3) is 0 Å². The fourth-order valence-electron chi connectivity index (χ4n) is 0.557.